The number of ether oxygens (including phenoxy) is 1. The van der Waals surface area contributed by atoms with Crippen molar-refractivity contribution in [3.05, 3.63) is 69.5 Å². The number of rotatable bonds is 12. The molecule has 2 amide bonds. The number of aliphatic carboxylic acids is 1. The predicted octanol–water partition coefficient (Wildman–Crippen LogP) is 4.82. The Morgan fingerprint density at radius 3 is 2.67 bits per heavy atom. The number of carbonyl (C=O) groups excluding carboxylic acids is 2. The van der Waals surface area contributed by atoms with Crippen LogP contribution >= 0.6 is 15.9 Å². The second-order valence-corrected chi connectivity index (χ2v) is 12.1. The largest absolute Gasteiger partial charge is 0.507 e. The Morgan fingerprint density at radius 1 is 1.10 bits per heavy atom. The number of unbranched alkanes of at least 4 members (excludes halogenated alkanes) is 2. The van der Waals surface area contributed by atoms with Crippen LogP contribution in [0.15, 0.2) is 58.2 Å². The van der Waals surface area contributed by atoms with Gasteiger partial charge in [-0.2, -0.15) is 0 Å². The van der Waals surface area contributed by atoms with E-state index in [1.807, 2.05) is 30.3 Å². The maximum absolute atomic E-state index is 13.5. The van der Waals surface area contributed by atoms with Gasteiger partial charge >= 0.3 is 5.97 Å². The molecular formula is C32H35BrN2O7. The van der Waals surface area contributed by atoms with E-state index in [-0.39, 0.29) is 49.2 Å². The lowest BCUT2D eigenvalue weighted by molar-refractivity contribution is -0.141. The van der Waals surface area contributed by atoms with E-state index in [1.165, 1.54) is 4.90 Å². The molecule has 1 aromatic carbocycles. The molecule has 42 heavy (non-hydrogen) atoms. The number of aliphatic hydroxyl groups is 1. The topological polar surface area (TPSA) is 137 Å². The van der Waals surface area contributed by atoms with Crippen LogP contribution in [0.3, 0.4) is 0 Å². The number of hydrogen-bond donors (Lipinski definition) is 3. The number of carboxylic acids is 1. The first kappa shape index (κ1) is 30.1. The average Bonchev–Trinajstić information content (AvgIpc) is 3.51. The summed E-state index contributed by atoms with van der Waals surface area (Å²) in [4.78, 5) is 43.4. The molecule has 2 aromatic rings. The van der Waals surface area contributed by atoms with Gasteiger partial charge in [-0.05, 0) is 85.2 Å². The lowest BCUT2D eigenvalue weighted by Crippen LogP contribution is -2.35. The molecule has 222 valence electrons. The van der Waals surface area contributed by atoms with Crippen LogP contribution in [0.4, 0.5) is 0 Å². The van der Waals surface area contributed by atoms with Gasteiger partial charge < -0.3 is 20.1 Å². The summed E-state index contributed by atoms with van der Waals surface area (Å²) in [6.45, 7) is 0.400. The van der Waals surface area contributed by atoms with Crippen molar-refractivity contribution in [2.75, 3.05) is 19.8 Å². The first-order valence-corrected chi connectivity index (χ1v) is 15.2. The molecule has 3 aliphatic rings. The molecule has 10 heteroatoms. The molecule has 0 saturated carbocycles. The second-order valence-electron chi connectivity index (χ2n) is 11.1. The summed E-state index contributed by atoms with van der Waals surface area (Å²) in [5.41, 5.74) is 4.07. The Morgan fingerprint density at radius 2 is 1.93 bits per heavy atom. The van der Waals surface area contributed by atoms with Gasteiger partial charge in [-0.3, -0.25) is 24.3 Å². The minimum absolute atomic E-state index is 0.0718. The highest BCUT2D eigenvalue weighted by Gasteiger charge is 2.56. The molecule has 2 aliphatic heterocycles. The Balaban J connectivity index is 1.33. The second kappa shape index (κ2) is 13.3. The first-order valence-electron chi connectivity index (χ1n) is 14.4. The lowest BCUT2D eigenvalue weighted by atomic mass is 9.69. The number of aliphatic hydroxyl groups excluding tert-OH is 1. The van der Waals surface area contributed by atoms with E-state index >= 15 is 0 Å². The molecule has 0 bridgehead atoms. The zero-order chi connectivity index (χ0) is 29.8. The van der Waals surface area contributed by atoms with Gasteiger partial charge in [0.1, 0.15) is 5.75 Å². The van der Waals surface area contributed by atoms with Gasteiger partial charge in [0, 0.05) is 35.1 Å². The molecular weight excluding hydrogens is 604 g/mol. The molecule has 3 heterocycles. The fourth-order valence-corrected chi connectivity index (χ4v) is 6.95. The Hall–Kier alpha value is -3.34. The maximum Gasteiger partial charge on any atom is 0.303 e. The molecule has 2 fully saturated rings. The number of allylic oxidation sites excluding steroid dienone is 1. The Labute approximate surface area is 253 Å². The average molecular weight is 640 g/mol. The number of pyridine rings is 1. The summed E-state index contributed by atoms with van der Waals surface area (Å²) in [5, 5.41) is 29.6. The normalized spacial score (nSPS) is 23.9. The van der Waals surface area contributed by atoms with Crippen LogP contribution in [0.1, 0.15) is 56.2 Å². The molecule has 1 aromatic heterocycles. The minimum atomic E-state index is -0.853. The van der Waals surface area contributed by atoms with Gasteiger partial charge in [0.2, 0.25) is 11.8 Å². The van der Waals surface area contributed by atoms with Crippen LogP contribution < -0.4 is 0 Å². The van der Waals surface area contributed by atoms with Gasteiger partial charge in [-0.15, -0.1) is 0 Å². The molecule has 4 atom stereocenters. The Kier molecular flexibility index (Phi) is 9.55. The molecule has 0 spiro atoms. The third kappa shape index (κ3) is 6.35. The van der Waals surface area contributed by atoms with Gasteiger partial charge in [0.05, 0.1) is 36.8 Å². The third-order valence-electron chi connectivity index (χ3n) is 8.55. The van der Waals surface area contributed by atoms with Crippen molar-refractivity contribution in [3.8, 4) is 5.75 Å². The summed E-state index contributed by atoms with van der Waals surface area (Å²) in [6.07, 6.45) is 6.60. The van der Waals surface area contributed by atoms with Crippen molar-refractivity contribution < 1.29 is 34.4 Å². The van der Waals surface area contributed by atoms with Gasteiger partial charge in [-0.25, -0.2) is 0 Å². The van der Waals surface area contributed by atoms with Gasteiger partial charge in [-0.1, -0.05) is 28.4 Å². The van der Waals surface area contributed by atoms with Crippen LogP contribution in [-0.2, 0) is 19.1 Å². The van der Waals surface area contributed by atoms with Gasteiger partial charge in [0.15, 0.2) is 0 Å². The summed E-state index contributed by atoms with van der Waals surface area (Å²) >= 11 is 3.47. The number of likely N-dealkylation sites (tertiary alicyclic amines) is 1. The van der Waals surface area contributed by atoms with E-state index in [0.717, 1.165) is 26.9 Å². The number of phenolic OH excluding ortho intramolecular Hbond substituents is 1. The zero-order valence-electron chi connectivity index (χ0n) is 23.2. The number of halogens is 1. The monoisotopic (exact) mass is 638 g/mol. The number of imide groups is 1. The third-order valence-corrected chi connectivity index (χ3v) is 9.04. The fourth-order valence-electron chi connectivity index (χ4n) is 6.57. The van der Waals surface area contributed by atoms with Crippen LogP contribution in [0.5, 0.6) is 5.75 Å². The number of nitrogens with zero attached hydrogens (tertiary/aromatic N) is 2. The van der Waals surface area contributed by atoms with Crippen LogP contribution in [0, 0.1) is 17.8 Å². The van der Waals surface area contributed by atoms with Crippen LogP contribution in [0.25, 0.3) is 11.6 Å². The molecule has 9 nitrogen and oxygen atoms in total. The van der Waals surface area contributed by atoms with Crippen molar-refractivity contribution in [2.45, 2.75) is 51.0 Å². The fraction of sp³-hybridized carbons (Fsp3) is 0.438. The number of hydrogen-bond acceptors (Lipinski definition) is 7. The number of carboxylic acid groups (broad SMARTS) is 1. The SMILES string of the molecule is O=C(O)CCCCCN1C(=O)[C@@H]2[C@@H](CC(CO)=C3[C@@H](CC/C(=C/c4cc(Br)ccc4O)c4ccccn4)OC[C@@H]32)C1=O. The highest BCUT2D eigenvalue weighted by molar-refractivity contribution is 9.10. The highest BCUT2D eigenvalue weighted by Crippen LogP contribution is 2.50. The number of amides is 2. The number of benzene rings is 1. The number of aromatic nitrogens is 1. The smallest absolute Gasteiger partial charge is 0.303 e. The van der Waals surface area contributed by atoms with Crippen LogP contribution in [0.2, 0.25) is 0 Å². The number of carbonyl (C=O) groups is 3. The quantitative estimate of drug-likeness (QED) is 0.171. The molecule has 0 radical (unpaired) electrons. The van der Waals surface area contributed by atoms with Crippen molar-refractivity contribution in [1.82, 2.24) is 9.88 Å². The maximum atomic E-state index is 13.5. The first-order chi connectivity index (χ1) is 20.3. The van der Waals surface area contributed by atoms with Gasteiger partial charge in [0.25, 0.3) is 0 Å². The van der Waals surface area contributed by atoms with Crippen molar-refractivity contribution in [1.29, 1.82) is 0 Å². The van der Waals surface area contributed by atoms with E-state index in [9.17, 15) is 24.6 Å². The lowest BCUT2D eigenvalue weighted by Gasteiger charge is -2.31. The number of aromatic hydroxyl groups is 1. The summed E-state index contributed by atoms with van der Waals surface area (Å²) < 4.78 is 7.10. The highest BCUT2D eigenvalue weighted by atomic mass is 79.9. The van der Waals surface area contributed by atoms with E-state index < -0.39 is 17.8 Å². The summed E-state index contributed by atoms with van der Waals surface area (Å²) in [7, 11) is 0. The molecule has 3 N–H and O–H groups in total. The van der Waals surface area contributed by atoms with E-state index in [0.29, 0.717) is 50.7 Å². The standard InChI is InChI=1S/C32H35BrN2O7/c33-22-9-10-26(37)20(15-22)14-19(25-6-3-4-12-34-25)8-11-27-29-21(17-36)16-23-30(24(29)18-42-27)32(41)35(31(23)40)13-5-1-2-7-28(38)39/h3-4,6,9-10,12,14-15,23-24,27,30,36-37H,1-2,5,7-8,11,13,16-18H2,(H,38,39)/b19-14-/t23-,24+,27-,30-/m1/s1. The van der Waals surface area contributed by atoms with Crippen molar-refractivity contribution in [3.63, 3.8) is 0 Å². The molecule has 0 unspecified atom stereocenters. The Bertz CT molecular complexity index is 1410. The summed E-state index contributed by atoms with van der Waals surface area (Å²) in [6, 6.07) is 10.9. The van der Waals surface area contributed by atoms with Crippen molar-refractivity contribution >= 4 is 45.4 Å². The molecule has 1 aliphatic carbocycles. The number of fused-ring (bicyclic) bond motifs is 3. The van der Waals surface area contributed by atoms with Crippen LogP contribution in [-0.4, -0.2) is 68.8 Å². The van der Waals surface area contributed by atoms with E-state index in [4.69, 9.17) is 9.84 Å². The predicted molar refractivity (Wildman–Crippen MR) is 159 cm³/mol. The summed E-state index contributed by atoms with van der Waals surface area (Å²) in [5.74, 6) is -2.36. The minimum Gasteiger partial charge on any atom is -0.507 e. The zero-order valence-corrected chi connectivity index (χ0v) is 24.8. The van der Waals surface area contributed by atoms with Crippen molar-refractivity contribution in [2.24, 2.45) is 17.8 Å². The molecule has 2 saturated heterocycles. The molecule has 5 rings (SSSR count). The number of phenols is 1. The van der Waals surface area contributed by atoms with E-state index in [2.05, 4.69) is 20.9 Å². The van der Waals surface area contributed by atoms with E-state index in [1.54, 1.807) is 18.3 Å².